The van der Waals surface area contributed by atoms with Crippen molar-refractivity contribution in [1.29, 1.82) is 0 Å². The van der Waals surface area contributed by atoms with E-state index in [1.165, 1.54) is 4.90 Å². The summed E-state index contributed by atoms with van der Waals surface area (Å²) < 4.78 is 1.09. The molecule has 0 radical (unpaired) electrons. The minimum Gasteiger partial charge on any atom is -0.372 e. The molecule has 6 heteroatoms. The fourth-order valence-electron chi connectivity index (χ4n) is 1.86. The van der Waals surface area contributed by atoms with Crippen LogP contribution in [0.1, 0.15) is 5.82 Å². The molecule has 0 aliphatic rings. The highest BCUT2D eigenvalue weighted by Crippen LogP contribution is 2.28. The van der Waals surface area contributed by atoms with Gasteiger partial charge in [-0.1, -0.05) is 22.0 Å². The zero-order valence-electron chi connectivity index (χ0n) is 10.8. The topological polar surface area (TPSA) is 37.8 Å². The lowest BCUT2D eigenvalue weighted by molar-refractivity contribution is 1.07. The largest absolute Gasteiger partial charge is 0.372 e. The van der Waals surface area contributed by atoms with E-state index < -0.39 is 0 Å². The van der Waals surface area contributed by atoms with Crippen molar-refractivity contribution >= 4 is 55.1 Å². The smallest absolute Gasteiger partial charge is 0.142 e. The van der Waals surface area contributed by atoms with Crippen molar-refractivity contribution < 1.29 is 0 Å². The molecule has 0 spiro atoms. The van der Waals surface area contributed by atoms with Gasteiger partial charge in [0, 0.05) is 16.4 Å². The normalized spacial score (nSPS) is 10.9. The Hall–Kier alpha value is -1.11. The van der Waals surface area contributed by atoms with E-state index in [2.05, 4.69) is 49.4 Å². The lowest BCUT2D eigenvalue weighted by Gasteiger charge is -2.05. The highest BCUT2D eigenvalue weighted by molar-refractivity contribution is 9.10. The van der Waals surface area contributed by atoms with Gasteiger partial charge in [0.15, 0.2) is 0 Å². The number of anilines is 1. The SMILES string of the molecule is CNc1nc(CSc2cccc(Br)c2)nc2sccc12. The third kappa shape index (κ3) is 2.97. The fraction of sp³-hybridized carbons (Fsp3) is 0.143. The Morgan fingerprint density at radius 2 is 2.20 bits per heavy atom. The zero-order valence-corrected chi connectivity index (χ0v) is 14.0. The minimum atomic E-state index is 0.763. The first-order valence-corrected chi connectivity index (χ1v) is 8.72. The molecule has 0 saturated heterocycles. The van der Waals surface area contributed by atoms with Crippen molar-refractivity contribution in [2.75, 3.05) is 12.4 Å². The average Bonchev–Trinajstić information content (AvgIpc) is 2.92. The number of hydrogen-bond acceptors (Lipinski definition) is 5. The van der Waals surface area contributed by atoms with Crippen LogP contribution in [0.15, 0.2) is 45.1 Å². The maximum atomic E-state index is 4.62. The van der Waals surface area contributed by atoms with Crippen molar-refractivity contribution in [2.24, 2.45) is 0 Å². The van der Waals surface area contributed by atoms with E-state index in [9.17, 15) is 0 Å². The number of nitrogens with one attached hydrogen (secondary N) is 1. The van der Waals surface area contributed by atoms with Crippen molar-refractivity contribution in [3.05, 3.63) is 46.0 Å². The second-order valence-corrected chi connectivity index (χ2v) is 6.98. The van der Waals surface area contributed by atoms with E-state index in [0.29, 0.717) is 0 Å². The summed E-state index contributed by atoms with van der Waals surface area (Å²) in [5.74, 6) is 2.52. The van der Waals surface area contributed by atoms with E-state index in [4.69, 9.17) is 0 Å². The molecule has 0 amide bonds. The minimum absolute atomic E-state index is 0.763. The van der Waals surface area contributed by atoms with Gasteiger partial charge < -0.3 is 5.32 Å². The van der Waals surface area contributed by atoms with Crippen molar-refractivity contribution in [3.8, 4) is 0 Å². The number of fused-ring (bicyclic) bond motifs is 1. The van der Waals surface area contributed by atoms with Gasteiger partial charge in [-0.25, -0.2) is 9.97 Å². The summed E-state index contributed by atoms with van der Waals surface area (Å²) >= 11 is 6.87. The number of halogens is 1. The Kier molecular flexibility index (Phi) is 4.24. The molecule has 0 saturated carbocycles. The number of hydrogen-bond donors (Lipinski definition) is 1. The van der Waals surface area contributed by atoms with E-state index in [1.807, 2.05) is 24.6 Å². The van der Waals surface area contributed by atoms with Crippen LogP contribution in [-0.4, -0.2) is 17.0 Å². The van der Waals surface area contributed by atoms with E-state index in [1.54, 1.807) is 23.1 Å². The number of thiophene rings is 1. The summed E-state index contributed by atoms with van der Waals surface area (Å²) in [6.45, 7) is 0. The number of benzene rings is 1. The van der Waals surface area contributed by atoms with Gasteiger partial charge in [-0.15, -0.1) is 23.1 Å². The van der Waals surface area contributed by atoms with Crippen molar-refractivity contribution in [2.45, 2.75) is 10.6 Å². The molecular formula is C14H12BrN3S2. The first-order valence-electron chi connectivity index (χ1n) is 6.06. The number of nitrogens with zero attached hydrogens (tertiary/aromatic N) is 2. The molecule has 0 atom stereocenters. The second-order valence-electron chi connectivity index (χ2n) is 4.12. The van der Waals surface area contributed by atoms with E-state index in [0.717, 1.165) is 32.1 Å². The van der Waals surface area contributed by atoms with Crippen LogP contribution in [0.3, 0.4) is 0 Å². The Balaban J connectivity index is 1.83. The molecule has 2 heterocycles. The summed E-state index contributed by atoms with van der Waals surface area (Å²) in [6.07, 6.45) is 0. The fourth-order valence-corrected chi connectivity index (χ4v) is 4.00. The molecule has 3 aromatic rings. The molecule has 0 bridgehead atoms. The Bertz CT molecular complexity index is 742. The van der Waals surface area contributed by atoms with Crippen LogP contribution in [0.2, 0.25) is 0 Å². The Morgan fingerprint density at radius 1 is 1.30 bits per heavy atom. The molecule has 3 nitrogen and oxygen atoms in total. The van der Waals surface area contributed by atoms with Gasteiger partial charge in [-0.2, -0.15) is 0 Å². The average molecular weight is 366 g/mol. The van der Waals surface area contributed by atoms with Gasteiger partial charge in [0.2, 0.25) is 0 Å². The molecule has 0 unspecified atom stereocenters. The number of thioether (sulfide) groups is 1. The van der Waals surface area contributed by atoms with Crippen LogP contribution in [0, 0.1) is 0 Å². The number of aromatic nitrogens is 2. The van der Waals surface area contributed by atoms with Crippen LogP contribution >= 0.6 is 39.0 Å². The standard InChI is InChI=1S/C14H12BrN3S2/c1-16-13-11-5-6-19-14(11)18-12(17-13)8-20-10-4-2-3-9(15)7-10/h2-7H,8H2,1H3,(H,16,17,18). The van der Waals surface area contributed by atoms with Gasteiger partial charge in [0.1, 0.15) is 16.5 Å². The lowest BCUT2D eigenvalue weighted by atomic mass is 10.4. The maximum absolute atomic E-state index is 4.62. The van der Waals surface area contributed by atoms with Crippen molar-refractivity contribution in [3.63, 3.8) is 0 Å². The highest BCUT2D eigenvalue weighted by Gasteiger charge is 2.08. The quantitative estimate of drug-likeness (QED) is 0.674. The first kappa shape index (κ1) is 13.9. The van der Waals surface area contributed by atoms with Gasteiger partial charge >= 0.3 is 0 Å². The summed E-state index contributed by atoms with van der Waals surface area (Å²) in [6, 6.07) is 10.3. The van der Waals surface area contributed by atoms with Crippen LogP contribution in [0.5, 0.6) is 0 Å². The van der Waals surface area contributed by atoms with E-state index >= 15 is 0 Å². The molecule has 0 aliphatic carbocycles. The Labute approximate surface area is 134 Å². The predicted molar refractivity (Wildman–Crippen MR) is 90.7 cm³/mol. The maximum Gasteiger partial charge on any atom is 0.142 e. The molecule has 0 aliphatic heterocycles. The molecule has 3 rings (SSSR count). The zero-order chi connectivity index (χ0) is 13.9. The van der Waals surface area contributed by atoms with E-state index in [-0.39, 0.29) is 0 Å². The molecule has 20 heavy (non-hydrogen) atoms. The number of rotatable bonds is 4. The summed E-state index contributed by atoms with van der Waals surface area (Å²) in [5.41, 5.74) is 0. The van der Waals surface area contributed by atoms with Crippen LogP contribution < -0.4 is 5.32 Å². The van der Waals surface area contributed by atoms with Gasteiger partial charge in [-0.3, -0.25) is 0 Å². The molecule has 2 aromatic heterocycles. The van der Waals surface area contributed by atoms with Crippen LogP contribution in [-0.2, 0) is 5.75 Å². The second kappa shape index (κ2) is 6.11. The predicted octanol–water partition coefficient (Wildman–Crippen LogP) is 4.79. The van der Waals surface area contributed by atoms with Gasteiger partial charge in [0.25, 0.3) is 0 Å². The summed E-state index contributed by atoms with van der Waals surface area (Å²) in [7, 11) is 1.89. The molecule has 0 fully saturated rings. The molecule has 1 aromatic carbocycles. The molecule has 102 valence electrons. The molecule has 1 N–H and O–H groups in total. The first-order chi connectivity index (χ1) is 9.76. The summed E-state index contributed by atoms with van der Waals surface area (Å²) in [5, 5.41) is 6.28. The van der Waals surface area contributed by atoms with Crippen LogP contribution in [0.25, 0.3) is 10.2 Å². The van der Waals surface area contributed by atoms with Crippen LogP contribution in [0.4, 0.5) is 5.82 Å². The Morgan fingerprint density at radius 3 is 3.00 bits per heavy atom. The van der Waals surface area contributed by atoms with Gasteiger partial charge in [0.05, 0.1) is 11.1 Å². The third-order valence-corrected chi connectivity index (χ3v) is 5.06. The third-order valence-electron chi connectivity index (χ3n) is 2.77. The highest BCUT2D eigenvalue weighted by atomic mass is 79.9. The monoisotopic (exact) mass is 365 g/mol. The lowest BCUT2D eigenvalue weighted by Crippen LogP contribution is -1.99. The summed E-state index contributed by atoms with van der Waals surface area (Å²) in [4.78, 5) is 11.4. The molecular weight excluding hydrogens is 354 g/mol. The van der Waals surface area contributed by atoms with Gasteiger partial charge in [-0.05, 0) is 29.6 Å². The van der Waals surface area contributed by atoms with Crippen molar-refractivity contribution in [1.82, 2.24) is 9.97 Å².